The molecule has 0 heterocycles. The molecule has 136 valence electrons. The third-order valence-electron chi connectivity index (χ3n) is 4.32. The van der Waals surface area contributed by atoms with Gasteiger partial charge in [0.2, 0.25) is 5.91 Å². The molecule has 0 atom stereocenters. The Labute approximate surface area is 158 Å². The van der Waals surface area contributed by atoms with Crippen LogP contribution in [-0.2, 0) is 24.3 Å². The quantitative estimate of drug-likeness (QED) is 0.464. The van der Waals surface area contributed by atoms with Crippen LogP contribution < -0.4 is 0 Å². The maximum Gasteiger partial charge on any atom is 0.273 e. The lowest BCUT2D eigenvalue weighted by molar-refractivity contribution is -0.385. The van der Waals surface area contributed by atoms with Crippen LogP contribution in [0.4, 0.5) is 5.69 Å². The van der Waals surface area contributed by atoms with Gasteiger partial charge in [-0.1, -0.05) is 78.9 Å². The van der Waals surface area contributed by atoms with Gasteiger partial charge in [0.05, 0.1) is 11.3 Å². The molecule has 0 aliphatic carbocycles. The van der Waals surface area contributed by atoms with E-state index >= 15 is 0 Å². The normalized spacial score (nSPS) is 10.4. The molecule has 5 heteroatoms. The van der Waals surface area contributed by atoms with Gasteiger partial charge in [0.25, 0.3) is 5.69 Å². The summed E-state index contributed by atoms with van der Waals surface area (Å²) in [5.74, 6) is -0.142. The van der Waals surface area contributed by atoms with Gasteiger partial charge in [-0.3, -0.25) is 14.9 Å². The van der Waals surface area contributed by atoms with Gasteiger partial charge in [0.15, 0.2) is 0 Å². The minimum atomic E-state index is -0.443. The molecule has 0 saturated carbocycles. The van der Waals surface area contributed by atoms with Crippen LogP contribution in [0.25, 0.3) is 0 Å². The van der Waals surface area contributed by atoms with Gasteiger partial charge in [0.1, 0.15) is 0 Å². The van der Waals surface area contributed by atoms with Crippen molar-refractivity contribution < 1.29 is 9.72 Å². The standard InChI is InChI=1S/C22H20N2O3/c25-22(15-20-13-7-8-14-21(20)24(26)27)23(16-18-9-3-1-4-10-18)17-19-11-5-2-6-12-19/h1-14H,15-17H2. The molecule has 3 aromatic carbocycles. The van der Waals surface area contributed by atoms with Crippen molar-refractivity contribution in [3.63, 3.8) is 0 Å². The van der Waals surface area contributed by atoms with E-state index in [1.54, 1.807) is 23.1 Å². The number of para-hydroxylation sites is 1. The van der Waals surface area contributed by atoms with E-state index in [4.69, 9.17) is 0 Å². The van der Waals surface area contributed by atoms with Crippen LogP contribution in [0.2, 0.25) is 0 Å². The highest BCUT2D eigenvalue weighted by Gasteiger charge is 2.20. The second-order valence-electron chi connectivity index (χ2n) is 6.28. The van der Waals surface area contributed by atoms with Crippen LogP contribution in [0.3, 0.4) is 0 Å². The molecule has 3 aromatic rings. The Morgan fingerprint density at radius 3 is 1.78 bits per heavy atom. The van der Waals surface area contributed by atoms with Crippen molar-refractivity contribution >= 4 is 11.6 Å². The van der Waals surface area contributed by atoms with Crippen LogP contribution in [0.1, 0.15) is 16.7 Å². The van der Waals surface area contributed by atoms with Crippen LogP contribution >= 0.6 is 0 Å². The van der Waals surface area contributed by atoms with Gasteiger partial charge in [-0.15, -0.1) is 0 Å². The third kappa shape index (κ3) is 5.01. The van der Waals surface area contributed by atoms with Crippen molar-refractivity contribution in [2.75, 3.05) is 0 Å². The number of carbonyl (C=O) groups excluding carboxylic acids is 1. The Morgan fingerprint density at radius 2 is 1.26 bits per heavy atom. The predicted molar refractivity (Wildman–Crippen MR) is 104 cm³/mol. The summed E-state index contributed by atoms with van der Waals surface area (Å²) in [7, 11) is 0. The van der Waals surface area contributed by atoms with Gasteiger partial charge < -0.3 is 4.90 Å². The molecule has 0 bridgehead atoms. The van der Waals surface area contributed by atoms with E-state index in [1.807, 2.05) is 60.7 Å². The summed E-state index contributed by atoms with van der Waals surface area (Å²) in [5, 5.41) is 11.2. The summed E-state index contributed by atoms with van der Waals surface area (Å²) in [5.41, 5.74) is 2.44. The molecule has 0 unspecified atom stereocenters. The van der Waals surface area contributed by atoms with Crippen molar-refractivity contribution in [2.24, 2.45) is 0 Å². The fourth-order valence-corrected chi connectivity index (χ4v) is 2.95. The van der Waals surface area contributed by atoms with Gasteiger partial charge in [0, 0.05) is 24.7 Å². The van der Waals surface area contributed by atoms with Crippen molar-refractivity contribution in [2.45, 2.75) is 19.5 Å². The lowest BCUT2D eigenvalue weighted by atomic mass is 10.1. The molecule has 0 radical (unpaired) electrons. The monoisotopic (exact) mass is 360 g/mol. The van der Waals surface area contributed by atoms with Crippen LogP contribution in [0, 0.1) is 10.1 Å². The first-order chi connectivity index (χ1) is 13.1. The number of nitrogens with zero attached hydrogens (tertiary/aromatic N) is 2. The van der Waals surface area contributed by atoms with E-state index in [9.17, 15) is 14.9 Å². The Kier molecular flexibility index (Phi) is 5.94. The highest BCUT2D eigenvalue weighted by atomic mass is 16.6. The molecule has 0 aliphatic heterocycles. The minimum Gasteiger partial charge on any atom is -0.334 e. The highest BCUT2D eigenvalue weighted by molar-refractivity contribution is 5.80. The number of benzene rings is 3. The first-order valence-corrected chi connectivity index (χ1v) is 8.71. The molecule has 0 aromatic heterocycles. The maximum atomic E-state index is 13.0. The molecule has 3 rings (SSSR count). The zero-order valence-corrected chi connectivity index (χ0v) is 14.8. The summed E-state index contributed by atoms with van der Waals surface area (Å²) in [6, 6.07) is 25.9. The second kappa shape index (κ2) is 8.76. The van der Waals surface area contributed by atoms with Crippen molar-refractivity contribution in [1.82, 2.24) is 4.90 Å². The summed E-state index contributed by atoms with van der Waals surface area (Å²) >= 11 is 0. The number of hydrogen-bond acceptors (Lipinski definition) is 3. The molecular weight excluding hydrogens is 340 g/mol. The molecule has 0 saturated heterocycles. The third-order valence-corrected chi connectivity index (χ3v) is 4.32. The first-order valence-electron chi connectivity index (χ1n) is 8.71. The van der Waals surface area contributed by atoms with E-state index < -0.39 is 4.92 Å². The Morgan fingerprint density at radius 1 is 0.778 bits per heavy atom. The summed E-state index contributed by atoms with van der Waals surface area (Å²) in [6.07, 6.45) is -0.00315. The van der Waals surface area contributed by atoms with E-state index in [0.29, 0.717) is 18.7 Å². The average Bonchev–Trinajstić information content (AvgIpc) is 2.69. The molecule has 0 N–H and O–H groups in total. The molecule has 5 nitrogen and oxygen atoms in total. The number of amides is 1. The number of nitro benzene ring substituents is 1. The van der Waals surface area contributed by atoms with Crippen LogP contribution in [0.15, 0.2) is 84.9 Å². The molecule has 1 amide bonds. The van der Waals surface area contributed by atoms with E-state index in [0.717, 1.165) is 11.1 Å². The average molecular weight is 360 g/mol. The molecule has 0 spiro atoms. The first kappa shape index (κ1) is 18.3. The fraction of sp³-hybridized carbons (Fsp3) is 0.136. The van der Waals surface area contributed by atoms with Crippen molar-refractivity contribution in [1.29, 1.82) is 0 Å². The Balaban J connectivity index is 1.83. The fourth-order valence-electron chi connectivity index (χ4n) is 2.95. The molecular formula is C22H20N2O3. The zero-order chi connectivity index (χ0) is 19.1. The predicted octanol–water partition coefficient (Wildman–Crippen LogP) is 4.37. The van der Waals surface area contributed by atoms with Crippen molar-refractivity contribution in [3.8, 4) is 0 Å². The zero-order valence-electron chi connectivity index (χ0n) is 14.8. The number of carbonyl (C=O) groups is 1. The lowest BCUT2D eigenvalue weighted by Gasteiger charge is -2.23. The van der Waals surface area contributed by atoms with E-state index in [2.05, 4.69) is 0 Å². The SMILES string of the molecule is O=C(Cc1ccccc1[N+](=O)[O-])N(Cc1ccccc1)Cc1ccccc1. The number of hydrogen-bond donors (Lipinski definition) is 0. The van der Waals surface area contributed by atoms with E-state index in [-0.39, 0.29) is 18.0 Å². The van der Waals surface area contributed by atoms with Crippen molar-refractivity contribution in [3.05, 3.63) is 112 Å². The van der Waals surface area contributed by atoms with Gasteiger partial charge in [-0.25, -0.2) is 0 Å². The van der Waals surface area contributed by atoms with E-state index in [1.165, 1.54) is 6.07 Å². The maximum absolute atomic E-state index is 13.0. The molecule has 0 fully saturated rings. The van der Waals surface area contributed by atoms with Gasteiger partial charge in [-0.2, -0.15) is 0 Å². The second-order valence-corrected chi connectivity index (χ2v) is 6.28. The molecule has 27 heavy (non-hydrogen) atoms. The lowest BCUT2D eigenvalue weighted by Crippen LogP contribution is -2.31. The van der Waals surface area contributed by atoms with Crippen LogP contribution in [0.5, 0.6) is 0 Å². The summed E-state index contributed by atoms with van der Waals surface area (Å²) < 4.78 is 0. The van der Waals surface area contributed by atoms with Gasteiger partial charge in [-0.05, 0) is 11.1 Å². The largest absolute Gasteiger partial charge is 0.334 e. The minimum absolute atomic E-state index is 0.00315. The number of rotatable bonds is 7. The summed E-state index contributed by atoms with van der Waals surface area (Å²) in [4.78, 5) is 25.5. The number of nitro groups is 1. The highest BCUT2D eigenvalue weighted by Crippen LogP contribution is 2.20. The van der Waals surface area contributed by atoms with Gasteiger partial charge >= 0.3 is 0 Å². The molecule has 0 aliphatic rings. The summed E-state index contributed by atoms with van der Waals surface area (Å²) in [6.45, 7) is 0.907. The Hall–Kier alpha value is -3.47. The van der Waals surface area contributed by atoms with Crippen LogP contribution in [-0.4, -0.2) is 15.7 Å². The smallest absolute Gasteiger partial charge is 0.273 e. The Bertz CT molecular complexity index is 870. The topological polar surface area (TPSA) is 63.4 Å².